The Hall–Kier alpha value is -1.36. The largest absolute Gasteiger partial charge is 0.354 e. The van der Waals surface area contributed by atoms with Gasteiger partial charge in [0.25, 0.3) is 5.56 Å². The predicted octanol–water partition coefficient (Wildman–Crippen LogP) is 1.18. The summed E-state index contributed by atoms with van der Waals surface area (Å²) in [5, 5.41) is 0. The minimum atomic E-state index is -0.457. The summed E-state index contributed by atoms with van der Waals surface area (Å²) >= 11 is 0. The van der Waals surface area contributed by atoms with Gasteiger partial charge in [0.2, 0.25) is 0 Å². The fourth-order valence-corrected chi connectivity index (χ4v) is 2.21. The second-order valence-corrected chi connectivity index (χ2v) is 4.58. The van der Waals surface area contributed by atoms with Crippen molar-refractivity contribution in [2.75, 3.05) is 0 Å². The first kappa shape index (κ1) is 10.8. The first-order valence-electron chi connectivity index (χ1n) is 6.37. The Morgan fingerprint density at radius 2 is 2.35 bits per heavy atom. The van der Waals surface area contributed by atoms with Crippen molar-refractivity contribution in [1.29, 1.82) is 0 Å². The molecule has 0 bridgehead atoms. The molecule has 94 valence electrons. The normalized spacial score (nSPS) is 31.2. The van der Waals surface area contributed by atoms with Crippen LogP contribution in [0.15, 0.2) is 15.8 Å². The maximum atomic E-state index is 11.7. The molecule has 1 aromatic heterocycles. The lowest BCUT2D eigenvalue weighted by atomic mass is 10.0. The van der Waals surface area contributed by atoms with E-state index in [0.29, 0.717) is 12.0 Å². The molecule has 17 heavy (non-hydrogen) atoms. The van der Waals surface area contributed by atoms with E-state index in [1.807, 2.05) is 6.92 Å². The van der Waals surface area contributed by atoms with Crippen LogP contribution in [0.1, 0.15) is 39.8 Å². The molecule has 2 rings (SSSR count). The van der Waals surface area contributed by atoms with Crippen LogP contribution in [0.3, 0.4) is 0 Å². The zero-order valence-electron chi connectivity index (χ0n) is 11.3. The van der Waals surface area contributed by atoms with E-state index in [-0.39, 0.29) is 30.2 Å². The minimum absolute atomic E-state index is 0.172. The van der Waals surface area contributed by atoms with Crippen molar-refractivity contribution >= 4 is 0 Å². The van der Waals surface area contributed by atoms with Crippen LogP contribution in [-0.4, -0.2) is 15.7 Å². The highest BCUT2D eigenvalue weighted by molar-refractivity contribution is 5.01. The van der Waals surface area contributed by atoms with Gasteiger partial charge in [-0.25, -0.2) is 4.79 Å². The standard InChI is InChI=1S/C12H18N2O3/c1-4-9-7(2)5-10(17-9)14-6-8(3)11(15)13-12(14)16/h6-7,9-10H,4-5H2,1-3H3,(H,13,15,16)/t7-,9+,10+/m0/s1/i4D/t4-,7-,9+,10+. The Labute approximate surface area is 101 Å². The van der Waals surface area contributed by atoms with Crippen molar-refractivity contribution in [1.82, 2.24) is 9.55 Å². The molecule has 0 unspecified atom stereocenters. The number of hydrogen-bond acceptors (Lipinski definition) is 3. The van der Waals surface area contributed by atoms with E-state index in [2.05, 4.69) is 4.98 Å². The van der Waals surface area contributed by atoms with Crippen LogP contribution in [-0.2, 0) is 4.74 Å². The SMILES string of the molecule is [2H][C@@H](C)[C@H]1O[C@@H](n2cc(C)c(=O)[nH]c2=O)C[C@@H]1C. The van der Waals surface area contributed by atoms with E-state index >= 15 is 0 Å². The van der Waals surface area contributed by atoms with Crippen molar-refractivity contribution < 1.29 is 6.11 Å². The topological polar surface area (TPSA) is 64.1 Å². The third-order valence-corrected chi connectivity index (χ3v) is 3.23. The van der Waals surface area contributed by atoms with Crippen molar-refractivity contribution in [3.8, 4) is 0 Å². The first-order valence-corrected chi connectivity index (χ1v) is 5.80. The summed E-state index contributed by atoms with van der Waals surface area (Å²) < 4.78 is 14.9. The van der Waals surface area contributed by atoms with Crippen LogP contribution in [0.5, 0.6) is 0 Å². The van der Waals surface area contributed by atoms with Gasteiger partial charge in [-0.2, -0.15) is 0 Å². The summed E-state index contributed by atoms with van der Waals surface area (Å²) in [7, 11) is 0. The van der Waals surface area contributed by atoms with Crippen LogP contribution in [0.2, 0.25) is 0 Å². The lowest BCUT2D eigenvalue weighted by molar-refractivity contribution is -0.00768. The lowest BCUT2D eigenvalue weighted by Crippen LogP contribution is -2.33. The maximum Gasteiger partial charge on any atom is 0.330 e. The Kier molecular flexibility index (Phi) is 2.84. The number of H-pyrrole nitrogens is 1. The van der Waals surface area contributed by atoms with Gasteiger partial charge in [-0.05, 0) is 25.7 Å². The molecule has 1 aromatic rings. The first-order chi connectivity index (χ1) is 8.40. The molecule has 1 N–H and O–H groups in total. The molecule has 1 fully saturated rings. The molecular formula is C12H18N2O3. The van der Waals surface area contributed by atoms with Crippen molar-refractivity contribution in [2.24, 2.45) is 5.92 Å². The van der Waals surface area contributed by atoms with Gasteiger partial charge in [0.05, 0.1) is 6.10 Å². The van der Waals surface area contributed by atoms with Gasteiger partial charge in [0, 0.05) is 13.1 Å². The average Bonchev–Trinajstić information content (AvgIpc) is 2.65. The second kappa shape index (κ2) is 4.49. The van der Waals surface area contributed by atoms with E-state index in [4.69, 9.17) is 6.11 Å². The average molecular weight is 239 g/mol. The van der Waals surface area contributed by atoms with Gasteiger partial charge in [0.1, 0.15) is 6.23 Å². The molecule has 1 aliphatic heterocycles. The number of aryl methyl sites for hydroxylation is 1. The number of nitrogens with one attached hydrogen (secondary N) is 1. The fourth-order valence-electron chi connectivity index (χ4n) is 2.21. The molecule has 5 nitrogen and oxygen atoms in total. The summed E-state index contributed by atoms with van der Waals surface area (Å²) in [6, 6.07) is 0. The Morgan fingerprint density at radius 1 is 1.65 bits per heavy atom. The van der Waals surface area contributed by atoms with Crippen LogP contribution >= 0.6 is 0 Å². The Bertz CT molecular complexity index is 549. The highest BCUT2D eigenvalue weighted by Crippen LogP contribution is 2.33. The number of rotatable bonds is 2. The van der Waals surface area contributed by atoms with Gasteiger partial charge in [-0.15, -0.1) is 0 Å². The smallest absolute Gasteiger partial charge is 0.330 e. The Morgan fingerprint density at radius 3 is 2.94 bits per heavy atom. The lowest BCUT2D eigenvalue weighted by Gasteiger charge is -2.15. The fraction of sp³-hybridized carbons (Fsp3) is 0.667. The van der Waals surface area contributed by atoms with Crippen molar-refractivity contribution in [2.45, 2.75) is 45.9 Å². The number of aromatic amines is 1. The summed E-state index contributed by atoms with van der Waals surface area (Å²) in [6.45, 7) is 5.45. The molecule has 4 atom stereocenters. The molecule has 0 saturated carbocycles. The van der Waals surface area contributed by atoms with E-state index in [1.165, 1.54) is 10.8 Å². The predicted molar refractivity (Wildman–Crippen MR) is 64.0 cm³/mol. The van der Waals surface area contributed by atoms with E-state index in [9.17, 15) is 9.59 Å². The number of aromatic nitrogens is 2. The van der Waals surface area contributed by atoms with Crippen LogP contribution < -0.4 is 11.2 Å². The van der Waals surface area contributed by atoms with E-state index in [0.717, 1.165) is 0 Å². The molecule has 1 aliphatic rings. The van der Waals surface area contributed by atoms with E-state index in [1.54, 1.807) is 13.8 Å². The minimum Gasteiger partial charge on any atom is -0.354 e. The molecule has 0 amide bonds. The highest BCUT2D eigenvalue weighted by Gasteiger charge is 2.32. The zero-order chi connectivity index (χ0) is 13.4. The Balaban J connectivity index is 2.32. The third-order valence-electron chi connectivity index (χ3n) is 3.23. The molecule has 0 radical (unpaired) electrons. The highest BCUT2D eigenvalue weighted by atomic mass is 16.5. The summed E-state index contributed by atoms with van der Waals surface area (Å²) in [5.74, 6) is 0.224. The molecule has 5 heteroatoms. The maximum absolute atomic E-state index is 11.7. The number of hydrogen-bond donors (Lipinski definition) is 1. The molecule has 2 heterocycles. The van der Waals surface area contributed by atoms with Gasteiger partial charge in [-0.3, -0.25) is 14.3 Å². The molecule has 1 saturated heterocycles. The molecule has 0 aliphatic carbocycles. The monoisotopic (exact) mass is 239 g/mol. The van der Waals surface area contributed by atoms with Crippen LogP contribution in [0.4, 0.5) is 0 Å². The van der Waals surface area contributed by atoms with E-state index < -0.39 is 5.69 Å². The van der Waals surface area contributed by atoms with Gasteiger partial charge < -0.3 is 4.74 Å². The van der Waals surface area contributed by atoms with Crippen LogP contribution in [0.25, 0.3) is 0 Å². The number of ether oxygens (including phenoxy) is 1. The van der Waals surface area contributed by atoms with Gasteiger partial charge in [-0.1, -0.05) is 13.8 Å². The molecule has 0 spiro atoms. The second-order valence-electron chi connectivity index (χ2n) is 4.58. The summed E-state index contributed by atoms with van der Waals surface area (Å²) in [4.78, 5) is 25.3. The van der Waals surface area contributed by atoms with Gasteiger partial charge in [0.15, 0.2) is 0 Å². The number of nitrogens with zero attached hydrogens (tertiary/aromatic N) is 1. The zero-order valence-corrected chi connectivity index (χ0v) is 10.3. The molecule has 0 aromatic carbocycles. The summed E-state index contributed by atoms with van der Waals surface area (Å²) in [6.07, 6.45) is 1.31. The summed E-state index contributed by atoms with van der Waals surface area (Å²) in [5.41, 5.74) is -0.345. The quantitative estimate of drug-likeness (QED) is 0.842. The van der Waals surface area contributed by atoms with Crippen LogP contribution in [0, 0.1) is 12.8 Å². The van der Waals surface area contributed by atoms with Crippen molar-refractivity contribution in [3.05, 3.63) is 32.6 Å². The molecular weight excluding hydrogens is 220 g/mol. The third kappa shape index (κ3) is 2.20. The van der Waals surface area contributed by atoms with Gasteiger partial charge >= 0.3 is 5.69 Å². The van der Waals surface area contributed by atoms with Crippen molar-refractivity contribution in [3.63, 3.8) is 0 Å².